The van der Waals surface area contributed by atoms with E-state index < -0.39 is 0 Å². The van der Waals surface area contributed by atoms with Crippen LogP contribution in [-0.2, 0) is 0 Å². The second kappa shape index (κ2) is 10.1. The standard InChI is InChI=1S/C48H28N2S/c1-2-14-29(15-3-1)49-41-24-12-9-21-37(41)45-47(49)46-43(44-38-22-10-13-25-42(38)51-48(44)45)36-20-8-11-23-40(36)50(46)30-26-27-35-33-18-5-4-16-31(33)32-17-6-7-19-34(32)39(35)28-30/h1-28H. The van der Waals surface area contributed by atoms with Crippen LogP contribution in [-0.4, -0.2) is 9.13 Å². The minimum atomic E-state index is 1.17. The molecular formula is C48H28N2S. The summed E-state index contributed by atoms with van der Waals surface area (Å²) in [6.45, 7) is 0. The Morgan fingerprint density at radius 1 is 0.314 bits per heavy atom. The van der Waals surface area contributed by atoms with E-state index in [9.17, 15) is 0 Å². The molecule has 0 bridgehead atoms. The molecule has 0 atom stereocenters. The lowest BCUT2D eigenvalue weighted by atomic mass is 9.94. The molecule has 12 rings (SSSR count). The van der Waals surface area contributed by atoms with Crippen molar-refractivity contribution in [1.29, 1.82) is 0 Å². The first-order valence-corrected chi connectivity index (χ1v) is 18.4. The predicted octanol–water partition coefficient (Wildman–Crippen LogP) is 13.7. The third kappa shape index (κ3) is 3.56. The zero-order valence-electron chi connectivity index (χ0n) is 27.5. The molecular weight excluding hydrogens is 637 g/mol. The SMILES string of the molecule is c1ccc(-n2c3ccccc3c3c4sc5ccccc5c4c4c5ccccc5n(-c5ccc6c7ccccc7c7ccccc7c6c5)c4c32)cc1. The van der Waals surface area contributed by atoms with Gasteiger partial charge in [0.25, 0.3) is 0 Å². The number of rotatable bonds is 2. The Balaban J connectivity index is 1.37. The Morgan fingerprint density at radius 2 is 0.784 bits per heavy atom. The van der Waals surface area contributed by atoms with E-state index in [0.29, 0.717) is 0 Å². The zero-order chi connectivity index (χ0) is 33.2. The van der Waals surface area contributed by atoms with Crippen LogP contribution in [0.1, 0.15) is 0 Å². The van der Waals surface area contributed by atoms with Crippen molar-refractivity contribution in [2.45, 2.75) is 0 Å². The molecule has 3 heteroatoms. The van der Waals surface area contributed by atoms with Crippen molar-refractivity contribution in [1.82, 2.24) is 9.13 Å². The number of hydrogen-bond donors (Lipinski definition) is 0. The second-order valence-electron chi connectivity index (χ2n) is 13.6. The zero-order valence-corrected chi connectivity index (χ0v) is 28.3. The highest BCUT2D eigenvalue weighted by Gasteiger charge is 2.26. The molecule has 0 aliphatic carbocycles. The topological polar surface area (TPSA) is 9.86 Å². The van der Waals surface area contributed by atoms with Gasteiger partial charge >= 0.3 is 0 Å². The average molecular weight is 665 g/mol. The summed E-state index contributed by atoms with van der Waals surface area (Å²) < 4.78 is 7.73. The first-order valence-electron chi connectivity index (χ1n) is 17.5. The molecule has 0 amide bonds. The van der Waals surface area contributed by atoms with Crippen LogP contribution >= 0.6 is 11.3 Å². The van der Waals surface area contributed by atoms with Crippen molar-refractivity contribution in [2.24, 2.45) is 0 Å². The first kappa shape index (κ1) is 27.4. The van der Waals surface area contributed by atoms with E-state index in [1.54, 1.807) is 0 Å². The van der Waals surface area contributed by atoms with Crippen molar-refractivity contribution >= 4 is 107 Å². The third-order valence-corrected chi connectivity index (χ3v) is 12.2. The van der Waals surface area contributed by atoms with Crippen LogP contribution in [0.3, 0.4) is 0 Å². The van der Waals surface area contributed by atoms with E-state index in [2.05, 4.69) is 179 Å². The summed E-state index contributed by atoms with van der Waals surface area (Å²) in [5, 5.41) is 15.6. The second-order valence-corrected chi connectivity index (χ2v) is 14.7. The Bertz CT molecular complexity index is 3380. The molecule has 51 heavy (non-hydrogen) atoms. The summed E-state index contributed by atoms with van der Waals surface area (Å²) >= 11 is 1.92. The number of fused-ring (bicyclic) bond motifs is 18. The van der Waals surface area contributed by atoms with Crippen molar-refractivity contribution in [3.05, 3.63) is 170 Å². The van der Waals surface area contributed by atoms with Gasteiger partial charge in [-0.25, -0.2) is 0 Å². The van der Waals surface area contributed by atoms with Crippen LogP contribution in [0.2, 0.25) is 0 Å². The van der Waals surface area contributed by atoms with Gasteiger partial charge in [-0.3, -0.25) is 0 Å². The maximum atomic E-state index is 2.56. The van der Waals surface area contributed by atoms with Gasteiger partial charge in [0.1, 0.15) is 0 Å². The number of nitrogens with zero attached hydrogens (tertiary/aromatic N) is 2. The largest absolute Gasteiger partial charge is 0.307 e. The molecule has 0 fully saturated rings. The van der Waals surface area contributed by atoms with E-state index >= 15 is 0 Å². The van der Waals surface area contributed by atoms with Gasteiger partial charge in [-0.1, -0.05) is 127 Å². The van der Waals surface area contributed by atoms with Crippen LogP contribution in [0.15, 0.2) is 170 Å². The lowest BCUT2D eigenvalue weighted by Gasteiger charge is -2.15. The highest BCUT2D eigenvalue weighted by atomic mass is 32.1. The number of thiophene rings is 1. The highest BCUT2D eigenvalue weighted by molar-refractivity contribution is 7.27. The summed E-state index contributed by atoms with van der Waals surface area (Å²) in [6, 6.07) is 62.7. The van der Waals surface area contributed by atoms with Crippen molar-refractivity contribution < 1.29 is 0 Å². The van der Waals surface area contributed by atoms with Gasteiger partial charge in [0.05, 0.1) is 22.1 Å². The minimum absolute atomic E-state index is 1.17. The molecule has 2 nitrogen and oxygen atoms in total. The number of hydrogen-bond acceptors (Lipinski definition) is 1. The van der Waals surface area contributed by atoms with Crippen LogP contribution in [0.5, 0.6) is 0 Å². The molecule has 0 spiro atoms. The fourth-order valence-electron chi connectivity index (χ4n) is 9.03. The smallest absolute Gasteiger partial charge is 0.0803 e. The molecule has 0 radical (unpaired) electrons. The Kier molecular flexibility index (Phi) is 5.41. The van der Waals surface area contributed by atoms with Crippen molar-refractivity contribution in [2.75, 3.05) is 0 Å². The number of aromatic nitrogens is 2. The van der Waals surface area contributed by atoms with E-state index in [1.807, 2.05) is 11.3 Å². The van der Waals surface area contributed by atoms with Gasteiger partial charge in [0.15, 0.2) is 0 Å². The maximum Gasteiger partial charge on any atom is 0.0803 e. The summed E-state index contributed by atoms with van der Waals surface area (Å²) in [6.07, 6.45) is 0. The van der Waals surface area contributed by atoms with E-state index in [0.717, 1.165) is 0 Å². The van der Waals surface area contributed by atoms with Gasteiger partial charge < -0.3 is 9.13 Å². The lowest BCUT2D eigenvalue weighted by molar-refractivity contribution is 1.15. The van der Waals surface area contributed by atoms with E-state index in [4.69, 9.17) is 0 Å². The fourth-order valence-corrected chi connectivity index (χ4v) is 10.3. The Labute approximate surface area is 296 Å². The van der Waals surface area contributed by atoms with Crippen molar-refractivity contribution in [3.63, 3.8) is 0 Å². The quantitative estimate of drug-likeness (QED) is 0.163. The normalized spacial score (nSPS) is 12.3. The van der Waals surface area contributed by atoms with Crippen LogP contribution in [0.25, 0.3) is 107 Å². The first-order chi connectivity index (χ1) is 25.3. The van der Waals surface area contributed by atoms with Gasteiger partial charge in [-0.05, 0) is 74.8 Å². The van der Waals surface area contributed by atoms with Crippen LogP contribution in [0, 0.1) is 0 Å². The third-order valence-electron chi connectivity index (χ3n) is 11.0. The summed E-state index contributed by atoms with van der Waals surface area (Å²) in [5.41, 5.74) is 7.25. The molecule has 0 N–H and O–H groups in total. The highest BCUT2D eigenvalue weighted by Crippen LogP contribution is 2.51. The van der Waals surface area contributed by atoms with Crippen LogP contribution < -0.4 is 0 Å². The predicted molar refractivity (Wildman–Crippen MR) is 221 cm³/mol. The summed E-state index contributed by atoms with van der Waals surface area (Å²) in [5.74, 6) is 0. The molecule has 9 aromatic carbocycles. The lowest BCUT2D eigenvalue weighted by Crippen LogP contribution is -1.99. The monoisotopic (exact) mass is 664 g/mol. The molecule has 236 valence electrons. The van der Waals surface area contributed by atoms with E-state index in [-0.39, 0.29) is 0 Å². The molecule has 0 unspecified atom stereocenters. The number of benzene rings is 9. The summed E-state index contributed by atoms with van der Waals surface area (Å²) in [4.78, 5) is 0. The van der Waals surface area contributed by atoms with Crippen LogP contribution in [0.4, 0.5) is 0 Å². The molecule has 0 saturated carbocycles. The molecule has 0 saturated heterocycles. The van der Waals surface area contributed by atoms with Gasteiger partial charge in [-0.15, -0.1) is 11.3 Å². The molecule has 3 heterocycles. The molecule has 0 aliphatic heterocycles. The number of para-hydroxylation sites is 3. The Hall–Kier alpha value is -6.42. The Morgan fingerprint density at radius 3 is 1.45 bits per heavy atom. The van der Waals surface area contributed by atoms with Gasteiger partial charge in [0.2, 0.25) is 0 Å². The van der Waals surface area contributed by atoms with Gasteiger partial charge in [0, 0.05) is 53.1 Å². The van der Waals surface area contributed by atoms with Gasteiger partial charge in [-0.2, -0.15) is 0 Å². The van der Waals surface area contributed by atoms with E-state index in [1.165, 1.54) is 107 Å². The molecule has 12 aromatic rings. The summed E-state index contributed by atoms with van der Waals surface area (Å²) in [7, 11) is 0. The fraction of sp³-hybridized carbons (Fsp3) is 0. The van der Waals surface area contributed by atoms with Crippen molar-refractivity contribution in [3.8, 4) is 11.4 Å². The molecule has 3 aromatic heterocycles. The maximum absolute atomic E-state index is 2.56. The average Bonchev–Trinajstić information content (AvgIpc) is 3.86. The minimum Gasteiger partial charge on any atom is -0.307 e. The molecule has 0 aliphatic rings.